The maximum Gasteiger partial charge on any atom is 0.223 e. The summed E-state index contributed by atoms with van der Waals surface area (Å²) in [6, 6.07) is 0. The summed E-state index contributed by atoms with van der Waals surface area (Å²) >= 11 is 0. The van der Waals surface area contributed by atoms with E-state index in [1.165, 1.54) is 32.1 Å². The minimum Gasteiger partial charge on any atom is -0.343 e. The van der Waals surface area contributed by atoms with Gasteiger partial charge in [-0.2, -0.15) is 0 Å². The monoisotopic (exact) mass is 240 g/mol. The van der Waals surface area contributed by atoms with Crippen LogP contribution in [0.5, 0.6) is 0 Å². The minimum absolute atomic E-state index is 0.333. The fourth-order valence-electron chi connectivity index (χ4n) is 2.24. The number of likely N-dealkylation sites (tertiary alicyclic amines) is 1. The predicted molar refractivity (Wildman–Crippen MR) is 72.0 cm³/mol. The molecule has 0 aromatic rings. The molecule has 1 aliphatic rings. The van der Waals surface area contributed by atoms with Gasteiger partial charge in [0.05, 0.1) is 0 Å². The van der Waals surface area contributed by atoms with Crippen LogP contribution in [0.1, 0.15) is 52.4 Å². The zero-order chi connectivity index (χ0) is 12.5. The molecule has 1 saturated heterocycles. The minimum atomic E-state index is 0.333. The van der Waals surface area contributed by atoms with E-state index in [0.717, 1.165) is 32.1 Å². The molecule has 3 nitrogen and oxygen atoms in total. The van der Waals surface area contributed by atoms with E-state index in [9.17, 15) is 4.79 Å². The molecule has 100 valence electrons. The van der Waals surface area contributed by atoms with E-state index in [-0.39, 0.29) is 0 Å². The first kappa shape index (κ1) is 14.5. The molecule has 0 aromatic heterocycles. The largest absolute Gasteiger partial charge is 0.343 e. The zero-order valence-electron chi connectivity index (χ0n) is 11.5. The van der Waals surface area contributed by atoms with Gasteiger partial charge in [0.15, 0.2) is 0 Å². The summed E-state index contributed by atoms with van der Waals surface area (Å²) < 4.78 is 0. The second kappa shape index (κ2) is 8.51. The van der Waals surface area contributed by atoms with Gasteiger partial charge in [-0.05, 0) is 31.7 Å². The molecular weight excluding hydrogens is 212 g/mol. The van der Waals surface area contributed by atoms with Crippen molar-refractivity contribution in [2.24, 2.45) is 5.92 Å². The molecule has 0 radical (unpaired) electrons. The van der Waals surface area contributed by atoms with E-state index in [1.807, 2.05) is 4.90 Å². The van der Waals surface area contributed by atoms with Gasteiger partial charge in [0.1, 0.15) is 0 Å². The van der Waals surface area contributed by atoms with Crippen LogP contribution in [0.15, 0.2) is 0 Å². The molecule has 1 fully saturated rings. The Kier molecular flexibility index (Phi) is 7.25. The highest BCUT2D eigenvalue weighted by atomic mass is 16.2. The molecule has 0 aromatic carbocycles. The van der Waals surface area contributed by atoms with Gasteiger partial charge in [-0.3, -0.25) is 4.79 Å². The average molecular weight is 240 g/mol. The Morgan fingerprint density at radius 3 is 2.59 bits per heavy atom. The van der Waals surface area contributed by atoms with Crippen LogP contribution in [0.3, 0.4) is 0 Å². The second-order valence-corrected chi connectivity index (χ2v) is 5.27. The highest BCUT2D eigenvalue weighted by Crippen LogP contribution is 2.16. The van der Waals surface area contributed by atoms with Gasteiger partial charge in [0.25, 0.3) is 0 Å². The molecule has 1 rings (SSSR count). The van der Waals surface area contributed by atoms with Crippen LogP contribution in [-0.4, -0.2) is 37.0 Å². The SMILES string of the molecule is CCCCCNCCC(=O)N1CCC(C)CC1. The number of amides is 1. The Balaban J connectivity index is 2.01. The van der Waals surface area contributed by atoms with Crippen LogP contribution in [0.2, 0.25) is 0 Å². The smallest absolute Gasteiger partial charge is 0.223 e. The molecule has 1 amide bonds. The molecule has 17 heavy (non-hydrogen) atoms. The maximum atomic E-state index is 11.9. The van der Waals surface area contributed by atoms with Crippen molar-refractivity contribution in [2.75, 3.05) is 26.2 Å². The third kappa shape index (κ3) is 6.06. The predicted octanol–water partition coefficient (Wildman–Crippen LogP) is 2.41. The Labute approximate surface area is 106 Å². The lowest BCUT2D eigenvalue weighted by Gasteiger charge is -2.30. The number of nitrogens with one attached hydrogen (secondary N) is 1. The molecule has 3 heteroatoms. The van der Waals surface area contributed by atoms with Gasteiger partial charge in [-0.25, -0.2) is 0 Å². The van der Waals surface area contributed by atoms with E-state index in [0.29, 0.717) is 12.3 Å². The number of carbonyl (C=O) groups is 1. The number of hydrogen-bond donors (Lipinski definition) is 1. The fourth-order valence-corrected chi connectivity index (χ4v) is 2.24. The fraction of sp³-hybridized carbons (Fsp3) is 0.929. The molecule has 0 unspecified atom stereocenters. The van der Waals surface area contributed by atoms with Gasteiger partial charge >= 0.3 is 0 Å². The van der Waals surface area contributed by atoms with Crippen molar-refractivity contribution in [1.29, 1.82) is 0 Å². The van der Waals surface area contributed by atoms with Crippen molar-refractivity contribution in [3.8, 4) is 0 Å². The number of piperidine rings is 1. The van der Waals surface area contributed by atoms with Crippen LogP contribution in [0.25, 0.3) is 0 Å². The van der Waals surface area contributed by atoms with Crippen molar-refractivity contribution in [1.82, 2.24) is 10.2 Å². The van der Waals surface area contributed by atoms with Gasteiger partial charge in [0.2, 0.25) is 5.91 Å². The van der Waals surface area contributed by atoms with Crippen LogP contribution in [0, 0.1) is 5.92 Å². The molecule has 1 aliphatic heterocycles. The normalized spacial score (nSPS) is 17.4. The molecule has 0 aliphatic carbocycles. The van der Waals surface area contributed by atoms with Crippen molar-refractivity contribution in [3.05, 3.63) is 0 Å². The lowest BCUT2D eigenvalue weighted by molar-refractivity contribution is -0.132. The number of hydrogen-bond acceptors (Lipinski definition) is 2. The third-order valence-electron chi connectivity index (χ3n) is 3.61. The van der Waals surface area contributed by atoms with Crippen LogP contribution in [0.4, 0.5) is 0 Å². The number of unbranched alkanes of at least 4 members (excludes halogenated alkanes) is 2. The van der Waals surface area contributed by atoms with Crippen molar-refractivity contribution in [2.45, 2.75) is 52.4 Å². The topological polar surface area (TPSA) is 32.3 Å². The summed E-state index contributed by atoms with van der Waals surface area (Å²) in [6.45, 7) is 8.32. The highest BCUT2D eigenvalue weighted by molar-refractivity contribution is 5.76. The van der Waals surface area contributed by atoms with E-state index >= 15 is 0 Å². The first-order chi connectivity index (χ1) is 8.24. The average Bonchev–Trinajstić information content (AvgIpc) is 2.34. The van der Waals surface area contributed by atoms with E-state index in [2.05, 4.69) is 19.2 Å². The van der Waals surface area contributed by atoms with Crippen LogP contribution >= 0.6 is 0 Å². The highest BCUT2D eigenvalue weighted by Gasteiger charge is 2.19. The van der Waals surface area contributed by atoms with Crippen molar-refractivity contribution in [3.63, 3.8) is 0 Å². The van der Waals surface area contributed by atoms with E-state index < -0.39 is 0 Å². The summed E-state index contributed by atoms with van der Waals surface area (Å²) in [5.41, 5.74) is 0. The third-order valence-corrected chi connectivity index (χ3v) is 3.61. The molecule has 1 N–H and O–H groups in total. The Bertz CT molecular complexity index is 210. The quantitative estimate of drug-likeness (QED) is 0.693. The second-order valence-electron chi connectivity index (χ2n) is 5.27. The summed E-state index contributed by atoms with van der Waals surface area (Å²) in [6.07, 6.45) is 6.79. The first-order valence-corrected chi connectivity index (χ1v) is 7.22. The van der Waals surface area contributed by atoms with E-state index in [1.54, 1.807) is 0 Å². The lowest BCUT2D eigenvalue weighted by atomic mass is 9.99. The standard InChI is InChI=1S/C14H28N2O/c1-3-4-5-9-15-10-6-14(17)16-11-7-13(2)8-12-16/h13,15H,3-12H2,1-2H3. The van der Waals surface area contributed by atoms with Crippen LogP contribution in [-0.2, 0) is 4.79 Å². The zero-order valence-corrected chi connectivity index (χ0v) is 11.5. The van der Waals surface area contributed by atoms with Gasteiger partial charge < -0.3 is 10.2 Å². The van der Waals surface area contributed by atoms with Crippen LogP contribution < -0.4 is 5.32 Å². The van der Waals surface area contributed by atoms with Crippen molar-refractivity contribution < 1.29 is 4.79 Å². The Morgan fingerprint density at radius 1 is 1.24 bits per heavy atom. The van der Waals surface area contributed by atoms with Gasteiger partial charge in [0, 0.05) is 26.1 Å². The van der Waals surface area contributed by atoms with E-state index in [4.69, 9.17) is 0 Å². The summed E-state index contributed by atoms with van der Waals surface area (Å²) in [5, 5.41) is 3.35. The molecular formula is C14H28N2O. The molecule has 0 spiro atoms. The van der Waals surface area contributed by atoms with Gasteiger partial charge in [-0.15, -0.1) is 0 Å². The molecule has 0 saturated carbocycles. The first-order valence-electron chi connectivity index (χ1n) is 7.22. The summed E-state index contributed by atoms with van der Waals surface area (Å²) in [7, 11) is 0. The lowest BCUT2D eigenvalue weighted by Crippen LogP contribution is -2.39. The molecule has 1 heterocycles. The molecule has 0 bridgehead atoms. The summed E-state index contributed by atoms with van der Waals surface area (Å²) in [5.74, 6) is 1.13. The molecule has 0 atom stereocenters. The number of nitrogens with zero attached hydrogens (tertiary/aromatic N) is 1. The maximum absolute atomic E-state index is 11.9. The Morgan fingerprint density at radius 2 is 1.94 bits per heavy atom. The van der Waals surface area contributed by atoms with Crippen molar-refractivity contribution >= 4 is 5.91 Å². The van der Waals surface area contributed by atoms with Gasteiger partial charge in [-0.1, -0.05) is 26.7 Å². The summed E-state index contributed by atoms with van der Waals surface area (Å²) in [4.78, 5) is 13.9. The number of rotatable bonds is 7. The Hall–Kier alpha value is -0.570. The number of carbonyl (C=O) groups excluding carboxylic acids is 1.